The average Bonchev–Trinajstić information content (AvgIpc) is 1.87. The highest BCUT2D eigenvalue weighted by Gasteiger charge is 2.01. The third-order valence-corrected chi connectivity index (χ3v) is 2.10. The van der Waals surface area contributed by atoms with Crippen LogP contribution in [0.2, 0.25) is 0 Å². The van der Waals surface area contributed by atoms with Gasteiger partial charge in [-0.15, -0.1) is 0 Å². The van der Waals surface area contributed by atoms with Crippen molar-refractivity contribution in [2.24, 2.45) is 0 Å². The molecule has 1 unspecified atom stereocenters. The molecule has 0 aliphatic carbocycles. The Labute approximate surface area is 68.9 Å². The lowest BCUT2D eigenvalue weighted by atomic mass is 10.7. The second kappa shape index (κ2) is 6.33. The fourth-order valence-corrected chi connectivity index (χ4v) is 1.02. The van der Waals surface area contributed by atoms with E-state index in [-0.39, 0.29) is 12.3 Å². The number of hydrogen-bond acceptors (Lipinski definition) is 4. The maximum atomic E-state index is 10.3. The largest absolute Gasteiger partial charge is 0.499 e. The first-order valence-corrected chi connectivity index (χ1v) is 4.68. The van der Waals surface area contributed by atoms with Crippen LogP contribution in [0.25, 0.3) is 0 Å². The quantitative estimate of drug-likeness (QED) is 0.437. The molecule has 66 valence electrons. The predicted octanol–water partition coefficient (Wildman–Crippen LogP) is -0.0526. The molecule has 11 heavy (non-hydrogen) atoms. The standard InChI is InChI=1S/C6H14O4Si/c1-4-8-6(3)10-11-9-5(2)7/h6H,4,11H2,1-3H3. The Hall–Kier alpha value is -0.393. The summed E-state index contributed by atoms with van der Waals surface area (Å²) in [4.78, 5) is 10.3. The second-order valence-corrected chi connectivity index (χ2v) is 2.80. The normalized spacial score (nSPS) is 13.7. The molecule has 0 saturated carbocycles. The van der Waals surface area contributed by atoms with Crippen LogP contribution in [0, 0.1) is 0 Å². The molecule has 0 aromatic heterocycles. The monoisotopic (exact) mass is 178 g/mol. The molecule has 0 heterocycles. The lowest BCUT2D eigenvalue weighted by Crippen LogP contribution is -2.18. The topological polar surface area (TPSA) is 44.8 Å². The van der Waals surface area contributed by atoms with E-state index in [1.54, 1.807) is 6.92 Å². The van der Waals surface area contributed by atoms with Crippen molar-refractivity contribution in [3.63, 3.8) is 0 Å². The fourth-order valence-electron chi connectivity index (χ4n) is 0.496. The Morgan fingerprint density at radius 1 is 1.64 bits per heavy atom. The first-order chi connectivity index (χ1) is 5.16. The van der Waals surface area contributed by atoms with Crippen molar-refractivity contribution < 1.29 is 18.4 Å². The third-order valence-electron chi connectivity index (χ3n) is 0.966. The predicted molar refractivity (Wildman–Crippen MR) is 42.5 cm³/mol. The smallest absolute Gasteiger partial charge is 0.370 e. The minimum atomic E-state index is -1.18. The van der Waals surface area contributed by atoms with E-state index in [1.165, 1.54) is 6.92 Å². The zero-order chi connectivity index (χ0) is 8.69. The Kier molecular flexibility index (Phi) is 6.10. The van der Waals surface area contributed by atoms with Crippen molar-refractivity contribution >= 4 is 16.0 Å². The molecule has 0 amide bonds. The molecule has 0 N–H and O–H groups in total. The number of carbonyl (C=O) groups excluding carboxylic acids is 1. The van der Waals surface area contributed by atoms with Gasteiger partial charge in [0.2, 0.25) is 0 Å². The fraction of sp³-hybridized carbons (Fsp3) is 0.833. The SMILES string of the molecule is CCOC(C)O[SiH2]OC(C)=O. The first kappa shape index (κ1) is 10.6. The lowest BCUT2D eigenvalue weighted by Gasteiger charge is -2.11. The zero-order valence-corrected chi connectivity index (χ0v) is 8.54. The van der Waals surface area contributed by atoms with Crippen LogP contribution in [0.15, 0.2) is 0 Å². The highest BCUT2D eigenvalue weighted by Crippen LogP contribution is 1.91. The minimum Gasteiger partial charge on any atom is -0.499 e. The van der Waals surface area contributed by atoms with Gasteiger partial charge in [-0.25, -0.2) is 0 Å². The van der Waals surface area contributed by atoms with Crippen LogP contribution < -0.4 is 0 Å². The third kappa shape index (κ3) is 7.50. The van der Waals surface area contributed by atoms with Gasteiger partial charge in [-0.05, 0) is 13.8 Å². The van der Waals surface area contributed by atoms with Gasteiger partial charge in [-0.2, -0.15) is 0 Å². The van der Waals surface area contributed by atoms with Gasteiger partial charge in [-0.3, -0.25) is 4.79 Å². The van der Waals surface area contributed by atoms with Gasteiger partial charge in [0.25, 0.3) is 5.97 Å². The number of ether oxygens (including phenoxy) is 1. The van der Waals surface area contributed by atoms with E-state index in [4.69, 9.17) is 9.16 Å². The Morgan fingerprint density at radius 2 is 2.27 bits per heavy atom. The molecule has 0 aromatic carbocycles. The molecule has 1 atom stereocenters. The summed E-state index contributed by atoms with van der Waals surface area (Å²) < 4.78 is 14.8. The average molecular weight is 178 g/mol. The Morgan fingerprint density at radius 3 is 2.73 bits per heavy atom. The van der Waals surface area contributed by atoms with Crippen molar-refractivity contribution in [2.75, 3.05) is 6.61 Å². The molecule has 0 aliphatic rings. The molecule has 4 nitrogen and oxygen atoms in total. The molecule has 0 aromatic rings. The minimum absolute atomic E-state index is 0.258. The van der Waals surface area contributed by atoms with Crippen molar-refractivity contribution in [1.82, 2.24) is 0 Å². The van der Waals surface area contributed by atoms with Gasteiger partial charge in [-0.1, -0.05) is 0 Å². The van der Waals surface area contributed by atoms with Crippen LogP contribution in [0.3, 0.4) is 0 Å². The van der Waals surface area contributed by atoms with E-state index < -0.39 is 10.0 Å². The summed E-state index contributed by atoms with van der Waals surface area (Å²) in [6, 6.07) is 0. The van der Waals surface area contributed by atoms with Crippen LogP contribution in [0.5, 0.6) is 0 Å². The van der Waals surface area contributed by atoms with Gasteiger partial charge in [0.05, 0.1) is 0 Å². The van der Waals surface area contributed by atoms with Gasteiger partial charge < -0.3 is 13.6 Å². The maximum absolute atomic E-state index is 10.3. The van der Waals surface area contributed by atoms with Crippen LogP contribution in [-0.4, -0.2) is 28.9 Å². The van der Waals surface area contributed by atoms with Crippen LogP contribution in [0.1, 0.15) is 20.8 Å². The molecular weight excluding hydrogens is 164 g/mol. The maximum Gasteiger partial charge on any atom is 0.370 e. The van der Waals surface area contributed by atoms with Crippen molar-refractivity contribution in [3.8, 4) is 0 Å². The molecule has 0 radical (unpaired) electrons. The lowest BCUT2D eigenvalue weighted by molar-refractivity contribution is -0.134. The van der Waals surface area contributed by atoms with Crippen molar-refractivity contribution in [3.05, 3.63) is 0 Å². The van der Waals surface area contributed by atoms with Gasteiger partial charge in [0.1, 0.15) is 6.29 Å². The van der Waals surface area contributed by atoms with Crippen molar-refractivity contribution in [2.45, 2.75) is 27.1 Å². The van der Waals surface area contributed by atoms with E-state index >= 15 is 0 Å². The molecule has 0 aliphatic heterocycles. The first-order valence-electron chi connectivity index (χ1n) is 3.53. The van der Waals surface area contributed by atoms with E-state index in [1.807, 2.05) is 6.92 Å². The van der Waals surface area contributed by atoms with Crippen LogP contribution in [-0.2, 0) is 18.4 Å². The highest BCUT2D eigenvalue weighted by molar-refractivity contribution is 6.22. The summed E-state index contributed by atoms with van der Waals surface area (Å²) in [6.07, 6.45) is -0.258. The summed E-state index contributed by atoms with van der Waals surface area (Å²) in [5.41, 5.74) is 0. The number of rotatable bonds is 5. The number of carbonyl (C=O) groups is 1. The van der Waals surface area contributed by atoms with Crippen molar-refractivity contribution in [1.29, 1.82) is 0 Å². The van der Waals surface area contributed by atoms with E-state index in [9.17, 15) is 4.79 Å². The van der Waals surface area contributed by atoms with Gasteiger partial charge in [0, 0.05) is 13.5 Å². The summed E-state index contributed by atoms with van der Waals surface area (Å²) in [5, 5.41) is 0. The second-order valence-electron chi connectivity index (χ2n) is 1.94. The number of hydrogen-bond donors (Lipinski definition) is 0. The van der Waals surface area contributed by atoms with E-state index in [2.05, 4.69) is 4.43 Å². The molecular formula is C6H14O4Si. The Balaban J connectivity index is 3.16. The zero-order valence-electron chi connectivity index (χ0n) is 7.12. The molecule has 0 rings (SSSR count). The van der Waals surface area contributed by atoms with Crippen LogP contribution >= 0.6 is 0 Å². The molecule has 0 bridgehead atoms. The van der Waals surface area contributed by atoms with Crippen LogP contribution in [0.4, 0.5) is 0 Å². The summed E-state index contributed by atoms with van der Waals surface area (Å²) in [7, 11) is -1.18. The summed E-state index contributed by atoms with van der Waals surface area (Å²) >= 11 is 0. The molecule has 0 fully saturated rings. The van der Waals surface area contributed by atoms with Gasteiger partial charge >= 0.3 is 10.0 Å². The molecule has 5 heteroatoms. The van der Waals surface area contributed by atoms with Gasteiger partial charge in [0.15, 0.2) is 0 Å². The summed E-state index contributed by atoms with van der Waals surface area (Å²) in [6.45, 7) is 5.63. The van der Waals surface area contributed by atoms with E-state index in [0.29, 0.717) is 6.61 Å². The highest BCUT2D eigenvalue weighted by atomic mass is 28.3. The Bertz CT molecular complexity index is 117. The van der Waals surface area contributed by atoms with E-state index in [0.717, 1.165) is 0 Å². The molecule has 0 spiro atoms. The summed E-state index contributed by atoms with van der Waals surface area (Å²) in [5.74, 6) is -0.291. The molecule has 0 saturated heterocycles.